The Morgan fingerprint density at radius 1 is 1.14 bits per heavy atom. The molecule has 5 unspecified atom stereocenters. The van der Waals surface area contributed by atoms with E-state index in [0.717, 1.165) is 29.6 Å². The van der Waals surface area contributed by atoms with Crippen molar-refractivity contribution in [2.75, 3.05) is 0 Å². The van der Waals surface area contributed by atoms with E-state index in [-0.39, 0.29) is 0 Å². The first-order chi connectivity index (χ1) is 10.5. The molecule has 1 nitrogen and oxygen atoms in total. The number of phenols is 1. The number of rotatable bonds is 1. The van der Waals surface area contributed by atoms with Crippen LogP contribution in [0.3, 0.4) is 0 Å². The van der Waals surface area contributed by atoms with Gasteiger partial charge in [0.1, 0.15) is 5.75 Å². The van der Waals surface area contributed by atoms with E-state index >= 15 is 0 Å². The third kappa shape index (κ3) is 1.97. The van der Waals surface area contributed by atoms with Crippen LogP contribution in [0.2, 0.25) is 0 Å². The summed E-state index contributed by atoms with van der Waals surface area (Å²) < 4.78 is 0. The predicted octanol–water partition coefficient (Wildman–Crippen LogP) is 5.52. The van der Waals surface area contributed by atoms with E-state index in [2.05, 4.69) is 26.8 Å². The van der Waals surface area contributed by atoms with E-state index in [9.17, 15) is 5.11 Å². The van der Waals surface area contributed by atoms with Crippen LogP contribution in [0.25, 0.3) is 0 Å². The first-order valence-corrected chi connectivity index (χ1v) is 9.32. The van der Waals surface area contributed by atoms with Crippen molar-refractivity contribution in [1.29, 1.82) is 0 Å². The highest BCUT2D eigenvalue weighted by Gasteiger charge is 2.55. The van der Waals surface area contributed by atoms with Gasteiger partial charge in [-0.25, -0.2) is 0 Å². The molecular formula is C21H30O. The number of aryl methyl sites for hydroxylation is 1. The molecule has 120 valence electrons. The highest BCUT2D eigenvalue weighted by Crippen LogP contribution is 2.64. The van der Waals surface area contributed by atoms with Gasteiger partial charge in [0, 0.05) is 0 Å². The van der Waals surface area contributed by atoms with Gasteiger partial charge in [0.05, 0.1) is 0 Å². The average Bonchev–Trinajstić information content (AvgIpc) is 2.84. The topological polar surface area (TPSA) is 20.2 Å². The molecule has 3 aliphatic rings. The second-order valence-electron chi connectivity index (χ2n) is 8.77. The van der Waals surface area contributed by atoms with Gasteiger partial charge >= 0.3 is 0 Å². The maximum atomic E-state index is 9.77. The van der Waals surface area contributed by atoms with Crippen LogP contribution >= 0.6 is 0 Å². The lowest BCUT2D eigenvalue weighted by Crippen LogP contribution is -2.43. The van der Waals surface area contributed by atoms with E-state index in [4.69, 9.17) is 0 Å². The number of fused-ring (bicyclic) bond motifs is 5. The van der Waals surface area contributed by atoms with Crippen molar-refractivity contribution in [3.63, 3.8) is 0 Å². The fraction of sp³-hybridized carbons (Fsp3) is 0.714. The van der Waals surface area contributed by atoms with Crippen molar-refractivity contribution in [3.05, 3.63) is 29.3 Å². The molecule has 0 spiro atoms. The Hall–Kier alpha value is -0.980. The zero-order valence-electron chi connectivity index (χ0n) is 14.3. The van der Waals surface area contributed by atoms with Gasteiger partial charge in [-0.3, -0.25) is 0 Å². The summed E-state index contributed by atoms with van der Waals surface area (Å²) in [6.45, 7) is 7.48. The normalized spacial score (nSPS) is 40.2. The van der Waals surface area contributed by atoms with Crippen LogP contribution in [0.5, 0.6) is 5.75 Å². The largest absolute Gasteiger partial charge is 0.508 e. The molecular weight excluding hydrogens is 268 g/mol. The van der Waals surface area contributed by atoms with Crippen molar-refractivity contribution < 1.29 is 5.11 Å². The van der Waals surface area contributed by atoms with E-state index in [1.54, 1.807) is 5.56 Å². The highest BCUT2D eigenvalue weighted by molar-refractivity contribution is 5.40. The molecule has 2 saturated carbocycles. The third-order valence-electron chi connectivity index (χ3n) is 7.59. The molecule has 0 radical (unpaired) electrons. The Bertz CT molecular complexity index is 575. The van der Waals surface area contributed by atoms with Crippen molar-refractivity contribution >= 4 is 0 Å². The van der Waals surface area contributed by atoms with Crippen LogP contribution in [0.1, 0.15) is 69.9 Å². The third-order valence-corrected chi connectivity index (χ3v) is 7.59. The smallest absolute Gasteiger partial charge is 0.115 e. The van der Waals surface area contributed by atoms with Gasteiger partial charge in [-0.15, -0.1) is 0 Å². The molecule has 0 amide bonds. The lowest BCUT2D eigenvalue weighted by atomic mass is 9.53. The van der Waals surface area contributed by atoms with Crippen LogP contribution in [0, 0.1) is 29.1 Å². The van der Waals surface area contributed by atoms with Crippen molar-refractivity contribution in [1.82, 2.24) is 0 Å². The predicted molar refractivity (Wildman–Crippen MR) is 91.1 cm³/mol. The molecule has 1 N–H and O–H groups in total. The molecule has 22 heavy (non-hydrogen) atoms. The standard InChI is InChI=1S/C21H30O/c1-13(2)19-8-9-20-18-6-4-14-12-15(22)5-7-16(14)17(18)10-11-21(19,20)3/h5,7,12-13,17-20,22H,4,6,8-11H2,1-3H3. The van der Waals surface area contributed by atoms with Crippen LogP contribution < -0.4 is 0 Å². The van der Waals surface area contributed by atoms with Crippen LogP contribution in [-0.2, 0) is 6.42 Å². The minimum Gasteiger partial charge on any atom is -0.508 e. The molecule has 0 aromatic heterocycles. The molecule has 0 saturated heterocycles. The molecule has 1 heteroatoms. The zero-order chi connectivity index (χ0) is 15.5. The van der Waals surface area contributed by atoms with Crippen LogP contribution in [0.4, 0.5) is 0 Å². The number of aromatic hydroxyl groups is 1. The van der Waals surface area contributed by atoms with Gasteiger partial charge in [0.25, 0.3) is 0 Å². The van der Waals surface area contributed by atoms with E-state index in [1.165, 1.54) is 44.1 Å². The lowest BCUT2D eigenvalue weighted by Gasteiger charge is -2.51. The quantitative estimate of drug-likeness (QED) is 0.723. The Morgan fingerprint density at radius 2 is 1.95 bits per heavy atom. The molecule has 0 heterocycles. The van der Waals surface area contributed by atoms with Crippen molar-refractivity contribution in [2.24, 2.45) is 29.1 Å². The summed E-state index contributed by atoms with van der Waals surface area (Å²) in [6.07, 6.45) is 8.18. The summed E-state index contributed by atoms with van der Waals surface area (Å²) in [5.41, 5.74) is 3.57. The molecule has 3 aliphatic carbocycles. The maximum absolute atomic E-state index is 9.77. The van der Waals surface area contributed by atoms with E-state index in [0.29, 0.717) is 11.2 Å². The molecule has 4 rings (SSSR count). The van der Waals surface area contributed by atoms with Gasteiger partial charge < -0.3 is 5.11 Å². The zero-order valence-corrected chi connectivity index (χ0v) is 14.3. The minimum atomic E-state index is 0.443. The van der Waals surface area contributed by atoms with Crippen molar-refractivity contribution in [3.8, 4) is 5.75 Å². The summed E-state index contributed by atoms with van der Waals surface area (Å²) in [6, 6.07) is 6.14. The molecule has 1 aromatic carbocycles. The van der Waals surface area contributed by atoms with Gasteiger partial charge in [-0.2, -0.15) is 0 Å². The fourth-order valence-electron chi connectivity index (χ4n) is 6.70. The van der Waals surface area contributed by atoms with Gasteiger partial charge in [-0.05, 0) is 96.8 Å². The number of hydrogen-bond donors (Lipinski definition) is 1. The number of phenolic OH excluding ortho intramolecular Hbond substituents is 1. The van der Waals surface area contributed by atoms with E-state index < -0.39 is 0 Å². The number of benzene rings is 1. The molecule has 0 bridgehead atoms. The Balaban J connectivity index is 1.67. The first-order valence-electron chi connectivity index (χ1n) is 9.32. The van der Waals surface area contributed by atoms with Crippen LogP contribution in [0.15, 0.2) is 18.2 Å². The summed E-state index contributed by atoms with van der Waals surface area (Å²) in [7, 11) is 0. The second-order valence-corrected chi connectivity index (χ2v) is 8.77. The molecule has 1 aromatic rings. The second kappa shape index (κ2) is 5.01. The van der Waals surface area contributed by atoms with Gasteiger partial charge in [-0.1, -0.05) is 26.8 Å². The fourth-order valence-corrected chi connectivity index (χ4v) is 6.70. The Kier molecular flexibility index (Phi) is 3.33. The monoisotopic (exact) mass is 298 g/mol. The molecule has 2 fully saturated rings. The van der Waals surface area contributed by atoms with Crippen LogP contribution in [-0.4, -0.2) is 5.11 Å². The summed E-state index contributed by atoms with van der Waals surface area (Å²) >= 11 is 0. The van der Waals surface area contributed by atoms with Crippen molar-refractivity contribution in [2.45, 2.75) is 65.2 Å². The highest BCUT2D eigenvalue weighted by atomic mass is 16.3. The first kappa shape index (κ1) is 14.6. The number of hydrogen-bond acceptors (Lipinski definition) is 1. The Morgan fingerprint density at radius 3 is 2.73 bits per heavy atom. The summed E-state index contributed by atoms with van der Waals surface area (Å²) in [5.74, 6) is 4.78. The maximum Gasteiger partial charge on any atom is 0.115 e. The van der Waals surface area contributed by atoms with Gasteiger partial charge in [0.15, 0.2) is 0 Å². The Labute approximate surface area is 135 Å². The molecule has 5 atom stereocenters. The summed E-state index contributed by atoms with van der Waals surface area (Å²) in [5, 5.41) is 9.77. The molecule has 0 aliphatic heterocycles. The van der Waals surface area contributed by atoms with Gasteiger partial charge in [0.2, 0.25) is 0 Å². The average molecular weight is 298 g/mol. The lowest BCUT2D eigenvalue weighted by molar-refractivity contribution is 0.0141. The minimum absolute atomic E-state index is 0.443. The van der Waals surface area contributed by atoms with E-state index in [1.807, 2.05) is 12.1 Å². The SMILES string of the molecule is CC(C)C1CCC2C3CCc4cc(O)ccc4C3CCC12C. The summed E-state index contributed by atoms with van der Waals surface area (Å²) in [4.78, 5) is 0.